The number of fused-ring (bicyclic) bond motifs is 2. The Morgan fingerprint density at radius 3 is 1.66 bits per heavy atom. The number of hydrogen-bond acceptors (Lipinski definition) is 1. The molecule has 0 saturated heterocycles. The van der Waals surface area contributed by atoms with Crippen LogP contribution in [0.4, 0.5) is 0 Å². The summed E-state index contributed by atoms with van der Waals surface area (Å²) in [6, 6.07) is 33.3. The molecule has 0 spiro atoms. The first-order chi connectivity index (χ1) is 26.2. The second-order valence-corrected chi connectivity index (χ2v) is 25.8. The molecular formula is C54H72OSi. The summed E-state index contributed by atoms with van der Waals surface area (Å²) >= 11 is 0. The molecule has 0 radical (unpaired) electrons. The van der Waals surface area contributed by atoms with Crippen molar-refractivity contribution in [2.45, 2.75) is 156 Å². The van der Waals surface area contributed by atoms with Crippen molar-refractivity contribution in [3.8, 4) is 22.3 Å². The lowest BCUT2D eigenvalue weighted by Gasteiger charge is -2.40. The van der Waals surface area contributed by atoms with E-state index in [4.69, 9.17) is 4.74 Å². The van der Waals surface area contributed by atoms with Gasteiger partial charge in [-0.2, -0.15) is 0 Å². The van der Waals surface area contributed by atoms with Crippen molar-refractivity contribution in [2.75, 3.05) is 6.61 Å². The zero-order valence-electron chi connectivity index (χ0n) is 37.5. The number of ether oxygens (including phenoxy) is 1. The van der Waals surface area contributed by atoms with Gasteiger partial charge in [0.15, 0.2) is 0 Å². The quantitative estimate of drug-likeness (QED) is 0.103. The van der Waals surface area contributed by atoms with Crippen molar-refractivity contribution < 1.29 is 4.74 Å². The largest absolute Gasteiger partial charge is 0.376 e. The average Bonchev–Trinajstić information content (AvgIpc) is 3.66. The zero-order chi connectivity index (χ0) is 40.8. The third kappa shape index (κ3) is 8.68. The summed E-state index contributed by atoms with van der Waals surface area (Å²) in [5.74, 6) is 0.481. The van der Waals surface area contributed by atoms with Crippen LogP contribution in [-0.4, -0.2) is 20.3 Å². The normalized spacial score (nSPS) is 17.4. The Kier molecular flexibility index (Phi) is 12.1. The van der Waals surface area contributed by atoms with Crippen LogP contribution in [0.2, 0.25) is 13.1 Å². The Labute approximate surface area is 343 Å². The van der Waals surface area contributed by atoms with Gasteiger partial charge in [-0.3, -0.25) is 0 Å². The minimum atomic E-state index is -2.11. The van der Waals surface area contributed by atoms with Gasteiger partial charge >= 0.3 is 0 Å². The summed E-state index contributed by atoms with van der Waals surface area (Å²) in [4.78, 5) is 0. The lowest BCUT2D eigenvalue weighted by atomic mass is 9.85. The average molecular weight is 765 g/mol. The van der Waals surface area contributed by atoms with Crippen LogP contribution in [0.3, 0.4) is 0 Å². The molecule has 0 bridgehead atoms. The Morgan fingerprint density at radius 2 is 1.12 bits per heavy atom. The highest BCUT2D eigenvalue weighted by atomic mass is 28.3. The van der Waals surface area contributed by atoms with Gasteiger partial charge in [0.2, 0.25) is 0 Å². The van der Waals surface area contributed by atoms with Crippen molar-refractivity contribution in [1.29, 1.82) is 0 Å². The molecule has 2 aliphatic carbocycles. The SMILES string of the molecule is CC1=C(CCCCCCOC(C)(C)C)c2c(-c3ccc(C(C)(C)C)cc3)cccc2C1[Si](C)(C)C1C(C(C)C)=Cc2c(-c3ccc(C(C)(C)C)cc3)cccc21. The molecule has 2 heteroatoms. The Bertz CT molecular complexity index is 2070. The molecule has 4 aromatic carbocycles. The molecule has 56 heavy (non-hydrogen) atoms. The van der Waals surface area contributed by atoms with Gasteiger partial charge in [-0.05, 0) is 125 Å². The maximum atomic E-state index is 6.06. The smallest absolute Gasteiger partial charge is 0.0722 e. The summed E-state index contributed by atoms with van der Waals surface area (Å²) in [6.45, 7) is 34.0. The number of benzene rings is 4. The van der Waals surface area contributed by atoms with Crippen LogP contribution in [0.1, 0.15) is 160 Å². The van der Waals surface area contributed by atoms with Gasteiger partial charge in [0.05, 0.1) is 13.7 Å². The molecule has 6 rings (SSSR count). The van der Waals surface area contributed by atoms with E-state index in [-0.39, 0.29) is 16.4 Å². The third-order valence-corrected chi connectivity index (χ3v) is 17.2. The lowest BCUT2D eigenvalue weighted by molar-refractivity contribution is -0.00473. The number of hydrogen-bond donors (Lipinski definition) is 0. The van der Waals surface area contributed by atoms with Crippen LogP contribution in [0, 0.1) is 5.92 Å². The van der Waals surface area contributed by atoms with Crippen LogP contribution in [0.5, 0.6) is 0 Å². The van der Waals surface area contributed by atoms with Crippen molar-refractivity contribution in [1.82, 2.24) is 0 Å². The van der Waals surface area contributed by atoms with Crippen LogP contribution < -0.4 is 0 Å². The maximum Gasteiger partial charge on any atom is 0.0722 e. The van der Waals surface area contributed by atoms with Crippen molar-refractivity contribution >= 4 is 19.7 Å². The highest BCUT2D eigenvalue weighted by Gasteiger charge is 2.49. The molecule has 1 nitrogen and oxygen atoms in total. The van der Waals surface area contributed by atoms with Crippen molar-refractivity contribution in [3.63, 3.8) is 0 Å². The molecule has 0 fully saturated rings. The molecular weight excluding hydrogens is 693 g/mol. The Morgan fingerprint density at radius 1 is 0.607 bits per heavy atom. The molecule has 0 N–H and O–H groups in total. The van der Waals surface area contributed by atoms with E-state index >= 15 is 0 Å². The molecule has 4 aromatic rings. The number of rotatable bonds is 12. The monoisotopic (exact) mass is 765 g/mol. The molecule has 0 aromatic heterocycles. The van der Waals surface area contributed by atoms with Crippen LogP contribution >= 0.6 is 0 Å². The molecule has 0 amide bonds. The first-order valence-electron chi connectivity index (χ1n) is 21.7. The summed E-state index contributed by atoms with van der Waals surface area (Å²) in [5, 5.41) is 0. The van der Waals surface area contributed by atoms with E-state index in [0.717, 1.165) is 19.4 Å². The fourth-order valence-corrected chi connectivity index (χ4v) is 14.9. The highest BCUT2D eigenvalue weighted by Crippen LogP contribution is 2.58. The first kappa shape index (κ1) is 42.2. The molecule has 2 aliphatic rings. The van der Waals surface area contributed by atoms with E-state index < -0.39 is 8.07 Å². The molecule has 0 saturated carbocycles. The van der Waals surface area contributed by atoms with Gasteiger partial charge in [-0.1, -0.05) is 183 Å². The van der Waals surface area contributed by atoms with Crippen molar-refractivity contribution in [3.05, 3.63) is 129 Å². The number of allylic oxidation sites excluding steroid dienone is 3. The molecule has 2 unspecified atom stereocenters. The Hall–Kier alpha value is -3.46. The fourth-order valence-electron chi connectivity index (χ4n) is 9.88. The Balaban J connectivity index is 1.41. The second kappa shape index (κ2) is 16.1. The molecule has 298 valence electrons. The van der Waals surface area contributed by atoms with Crippen LogP contribution in [0.25, 0.3) is 33.9 Å². The lowest BCUT2D eigenvalue weighted by Crippen LogP contribution is -2.43. The second-order valence-electron chi connectivity index (χ2n) is 21.0. The van der Waals surface area contributed by atoms with E-state index in [2.05, 4.69) is 187 Å². The van der Waals surface area contributed by atoms with E-state index in [9.17, 15) is 0 Å². The third-order valence-electron chi connectivity index (χ3n) is 12.8. The van der Waals surface area contributed by atoms with Gasteiger partial charge in [0.25, 0.3) is 0 Å². The first-order valence-corrected chi connectivity index (χ1v) is 24.9. The van der Waals surface area contributed by atoms with E-state index in [1.54, 1.807) is 27.8 Å². The zero-order valence-corrected chi connectivity index (χ0v) is 38.5. The van der Waals surface area contributed by atoms with E-state index in [1.807, 2.05) is 0 Å². The topological polar surface area (TPSA) is 9.23 Å². The summed E-state index contributed by atoms with van der Waals surface area (Å²) in [6.07, 6.45) is 8.56. The standard InChI is InChI=1S/C54H72OSi/c1-36(2)47-35-48-43(38-26-30-40(31-27-38)52(4,5)6)22-19-24-45(48)51(47)56(13,14)50-37(3)42(21-17-15-16-18-34-55-54(10,11)12)49-44(23-20-25-46(49)50)39-28-32-41(33-29-39)53(7,8)9/h19-20,22-33,35-36,50-51H,15-18,21,34H2,1-14H3. The van der Waals surface area contributed by atoms with Gasteiger partial charge in [0.1, 0.15) is 0 Å². The maximum absolute atomic E-state index is 6.06. The van der Waals surface area contributed by atoms with Gasteiger partial charge in [0, 0.05) is 17.7 Å². The predicted octanol–water partition coefficient (Wildman–Crippen LogP) is 15.9. The minimum Gasteiger partial charge on any atom is -0.376 e. The molecule has 0 aliphatic heterocycles. The van der Waals surface area contributed by atoms with Crippen molar-refractivity contribution in [2.24, 2.45) is 5.92 Å². The van der Waals surface area contributed by atoms with Gasteiger partial charge in [-0.25, -0.2) is 0 Å². The molecule has 0 heterocycles. The van der Waals surface area contributed by atoms with Gasteiger partial charge in [-0.15, -0.1) is 0 Å². The van der Waals surface area contributed by atoms with E-state index in [0.29, 0.717) is 17.0 Å². The number of unbranched alkanes of at least 4 members (excludes halogenated alkanes) is 3. The predicted molar refractivity (Wildman–Crippen MR) is 248 cm³/mol. The highest BCUT2D eigenvalue weighted by molar-refractivity contribution is 6.82. The van der Waals surface area contributed by atoms with E-state index in [1.165, 1.54) is 63.8 Å². The fraction of sp³-hybridized carbons (Fsp3) is 0.481. The summed E-state index contributed by atoms with van der Waals surface area (Å²) in [7, 11) is -2.11. The molecule has 2 atom stereocenters. The van der Waals surface area contributed by atoms with Crippen LogP contribution in [0.15, 0.2) is 96.1 Å². The summed E-state index contributed by atoms with van der Waals surface area (Å²) < 4.78 is 6.06. The summed E-state index contributed by atoms with van der Waals surface area (Å²) in [5.41, 5.74) is 20.4. The minimum absolute atomic E-state index is 0.0631. The van der Waals surface area contributed by atoms with Crippen LogP contribution in [-0.2, 0) is 15.6 Å². The van der Waals surface area contributed by atoms with Gasteiger partial charge < -0.3 is 4.74 Å².